The van der Waals surface area contributed by atoms with Crippen molar-refractivity contribution < 1.29 is 23.4 Å². The summed E-state index contributed by atoms with van der Waals surface area (Å²) in [6, 6.07) is 4.36. The van der Waals surface area contributed by atoms with Crippen molar-refractivity contribution in [2.75, 3.05) is 17.8 Å². The van der Waals surface area contributed by atoms with Gasteiger partial charge in [-0.05, 0) is 43.5 Å². The number of aromatic hydroxyl groups is 1. The summed E-state index contributed by atoms with van der Waals surface area (Å²) in [5.41, 5.74) is 1.01. The van der Waals surface area contributed by atoms with Crippen LogP contribution in [-0.4, -0.2) is 42.0 Å². The summed E-state index contributed by atoms with van der Waals surface area (Å²) < 4.78 is 28.3. The SMILES string of the molecule is Cc1cc(O)ccc1NS(=O)(=O)N1CCC(C(=O)O)CC1. The third kappa shape index (κ3) is 3.64. The third-order valence-corrected chi connectivity index (χ3v) is 5.11. The first-order valence-electron chi connectivity index (χ1n) is 6.60. The molecule has 2 rings (SSSR count). The van der Waals surface area contributed by atoms with Crippen LogP contribution in [0.3, 0.4) is 0 Å². The molecule has 0 radical (unpaired) electrons. The lowest BCUT2D eigenvalue weighted by Gasteiger charge is -2.29. The topological polar surface area (TPSA) is 107 Å². The number of phenolic OH excluding ortho intramolecular Hbond substituents is 1. The van der Waals surface area contributed by atoms with Crippen molar-refractivity contribution in [3.63, 3.8) is 0 Å². The molecule has 0 aliphatic carbocycles. The van der Waals surface area contributed by atoms with Crippen LogP contribution in [0, 0.1) is 12.8 Å². The molecule has 0 saturated carbocycles. The van der Waals surface area contributed by atoms with Gasteiger partial charge in [-0.1, -0.05) is 0 Å². The largest absolute Gasteiger partial charge is 0.508 e. The fourth-order valence-corrected chi connectivity index (χ4v) is 3.64. The van der Waals surface area contributed by atoms with Gasteiger partial charge < -0.3 is 10.2 Å². The molecule has 0 spiro atoms. The second kappa shape index (κ2) is 5.90. The minimum absolute atomic E-state index is 0.0673. The zero-order valence-electron chi connectivity index (χ0n) is 11.6. The second-order valence-corrected chi connectivity index (χ2v) is 6.79. The average molecular weight is 314 g/mol. The highest BCUT2D eigenvalue weighted by Gasteiger charge is 2.31. The number of carboxylic acid groups (broad SMARTS) is 1. The van der Waals surface area contributed by atoms with Gasteiger partial charge in [0.15, 0.2) is 0 Å². The van der Waals surface area contributed by atoms with Crippen LogP contribution in [0.5, 0.6) is 5.75 Å². The van der Waals surface area contributed by atoms with Gasteiger partial charge >= 0.3 is 16.2 Å². The van der Waals surface area contributed by atoms with Crippen molar-refractivity contribution in [1.82, 2.24) is 4.31 Å². The summed E-state index contributed by atoms with van der Waals surface area (Å²) in [5, 5.41) is 18.2. The highest BCUT2D eigenvalue weighted by Crippen LogP contribution is 2.24. The van der Waals surface area contributed by atoms with Crippen LogP contribution in [0.2, 0.25) is 0 Å². The summed E-state index contributed by atoms with van der Waals surface area (Å²) in [4.78, 5) is 10.9. The van der Waals surface area contributed by atoms with Gasteiger partial charge in [0, 0.05) is 13.1 Å². The van der Waals surface area contributed by atoms with E-state index in [-0.39, 0.29) is 18.8 Å². The molecule has 21 heavy (non-hydrogen) atoms. The molecule has 1 aromatic carbocycles. The highest BCUT2D eigenvalue weighted by molar-refractivity contribution is 7.90. The molecule has 0 bridgehead atoms. The van der Waals surface area contributed by atoms with E-state index in [9.17, 15) is 18.3 Å². The molecule has 1 heterocycles. The Labute approximate surface area is 123 Å². The summed E-state index contributed by atoms with van der Waals surface area (Å²) in [6.45, 7) is 2.06. The molecule has 7 nitrogen and oxygen atoms in total. The number of aliphatic carboxylic acids is 1. The molecule has 1 aliphatic heterocycles. The Morgan fingerprint density at radius 2 is 1.95 bits per heavy atom. The molecular weight excluding hydrogens is 296 g/mol. The molecule has 1 saturated heterocycles. The third-order valence-electron chi connectivity index (χ3n) is 3.59. The van der Waals surface area contributed by atoms with Crippen LogP contribution < -0.4 is 4.72 Å². The van der Waals surface area contributed by atoms with Crippen LogP contribution in [0.4, 0.5) is 5.69 Å². The van der Waals surface area contributed by atoms with E-state index < -0.39 is 22.1 Å². The van der Waals surface area contributed by atoms with Crippen LogP contribution in [0.25, 0.3) is 0 Å². The molecule has 0 amide bonds. The van der Waals surface area contributed by atoms with Gasteiger partial charge in [-0.25, -0.2) is 0 Å². The standard InChI is InChI=1S/C13H18N2O5S/c1-9-8-11(16)2-3-12(9)14-21(19,20)15-6-4-10(5-7-15)13(17)18/h2-3,8,10,14,16H,4-7H2,1H3,(H,17,18). The van der Waals surface area contributed by atoms with E-state index in [1.165, 1.54) is 22.5 Å². The minimum Gasteiger partial charge on any atom is -0.508 e. The number of aryl methyl sites for hydroxylation is 1. The lowest BCUT2D eigenvalue weighted by molar-refractivity contribution is -0.142. The van der Waals surface area contributed by atoms with Gasteiger partial charge in [-0.3, -0.25) is 9.52 Å². The van der Waals surface area contributed by atoms with E-state index in [1.54, 1.807) is 6.92 Å². The van der Waals surface area contributed by atoms with Crippen LogP contribution in [-0.2, 0) is 15.0 Å². The van der Waals surface area contributed by atoms with E-state index >= 15 is 0 Å². The van der Waals surface area contributed by atoms with Crippen LogP contribution >= 0.6 is 0 Å². The summed E-state index contributed by atoms with van der Waals surface area (Å²) >= 11 is 0. The minimum atomic E-state index is -3.71. The number of piperidine rings is 1. The molecular formula is C13H18N2O5S. The van der Waals surface area contributed by atoms with E-state index in [2.05, 4.69) is 4.72 Å². The van der Waals surface area contributed by atoms with Crippen molar-refractivity contribution >= 4 is 21.9 Å². The average Bonchev–Trinajstić information content (AvgIpc) is 2.42. The number of anilines is 1. The summed E-state index contributed by atoms with van der Waals surface area (Å²) in [6.07, 6.45) is 0.621. The molecule has 1 aromatic rings. The first-order valence-corrected chi connectivity index (χ1v) is 8.04. The number of hydrogen-bond acceptors (Lipinski definition) is 4. The number of nitrogens with zero attached hydrogens (tertiary/aromatic N) is 1. The molecule has 1 aliphatic rings. The number of nitrogens with one attached hydrogen (secondary N) is 1. The lowest BCUT2D eigenvalue weighted by Crippen LogP contribution is -2.43. The number of rotatable bonds is 4. The monoisotopic (exact) mass is 314 g/mol. The van der Waals surface area contributed by atoms with Crippen molar-refractivity contribution in [3.05, 3.63) is 23.8 Å². The van der Waals surface area contributed by atoms with E-state index in [0.29, 0.717) is 24.1 Å². The quantitative estimate of drug-likeness (QED) is 0.723. The summed E-state index contributed by atoms with van der Waals surface area (Å²) in [5.74, 6) is -1.29. The van der Waals surface area contributed by atoms with Crippen LogP contribution in [0.15, 0.2) is 18.2 Å². The Hall–Kier alpha value is -1.80. The first kappa shape index (κ1) is 15.6. The van der Waals surface area contributed by atoms with E-state index in [4.69, 9.17) is 5.11 Å². The normalized spacial score (nSPS) is 17.6. The smallest absolute Gasteiger partial charge is 0.306 e. The predicted molar refractivity (Wildman–Crippen MR) is 77.3 cm³/mol. The molecule has 0 aromatic heterocycles. The zero-order chi connectivity index (χ0) is 15.6. The van der Waals surface area contributed by atoms with E-state index in [1.807, 2.05) is 0 Å². The van der Waals surface area contributed by atoms with Crippen molar-refractivity contribution in [2.24, 2.45) is 5.92 Å². The highest BCUT2D eigenvalue weighted by atomic mass is 32.2. The Kier molecular flexibility index (Phi) is 4.38. The number of hydrogen-bond donors (Lipinski definition) is 3. The molecule has 0 atom stereocenters. The van der Waals surface area contributed by atoms with Gasteiger partial charge in [0.1, 0.15) is 5.75 Å². The predicted octanol–water partition coefficient (Wildman–Crippen LogP) is 1.15. The number of carboxylic acids is 1. The fourth-order valence-electron chi connectivity index (χ4n) is 2.31. The second-order valence-electron chi connectivity index (χ2n) is 5.12. The van der Waals surface area contributed by atoms with Crippen LogP contribution in [0.1, 0.15) is 18.4 Å². The molecule has 8 heteroatoms. The van der Waals surface area contributed by atoms with Crippen molar-refractivity contribution in [3.8, 4) is 5.75 Å². The maximum Gasteiger partial charge on any atom is 0.306 e. The Morgan fingerprint density at radius 3 is 2.48 bits per heavy atom. The maximum atomic E-state index is 12.3. The maximum absolute atomic E-state index is 12.3. The Balaban J connectivity index is 2.07. The van der Waals surface area contributed by atoms with Gasteiger partial charge in [0.05, 0.1) is 11.6 Å². The molecule has 3 N–H and O–H groups in total. The fraction of sp³-hybridized carbons (Fsp3) is 0.462. The van der Waals surface area contributed by atoms with E-state index in [0.717, 1.165) is 0 Å². The summed E-state index contributed by atoms with van der Waals surface area (Å²) in [7, 11) is -3.71. The number of benzene rings is 1. The van der Waals surface area contributed by atoms with Gasteiger partial charge in [-0.2, -0.15) is 12.7 Å². The van der Waals surface area contributed by atoms with Crippen molar-refractivity contribution in [1.29, 1.82) is 0 Å². The lowest BCUT2D eigenvalue weighted by atomic mass is 9.99. The Morgan fingerprint density at radius 1 is 1.33 bits per heavy atom. The first-order chi connectivity index (χ1) is 9.79. The number of carbonyl (C=O) groups is 1. The van der Waals surface area contributed by atoms with Gasteiger partial charge in [0.25, 0.3) is 0 Å². The Bertz CT molecular complexity index is 636. The van der Waals surface area contributed by atoms with Crippen molar-refractivity contribution in [2.45, 2.75) is 19.8 Å². The van der Waals surface area contributed by atoms with Gasteiger partial charge in [0.2, 0.25) is 0 Å². The molecule has 0 unspecified atom stereocenters. The number of phenols is 1. The molecule has 1 fully saturated rings. The molecule has 116 valence electrons. The van der Waals surface area contributed by atoms with Gasteiger partial charge in [-0.15, -0.1) is 0 Å². The zero-order valence-corrected chi connectivity index (χ0v) is 12.4.